The number of rotatable bonds is 22. The number of carboxylic acid groups (broad SMARTS) is 1. The van der Waals surface area contributed by atoms with E-state index in [1.54, 1.807) is 30.3 Å². The molecule has 3 aromatic rings. The van der Waals surface area contributed by atoms with Crippen molar-refractivity contribution in [3.8, 4) is 11.5 Å². The van der Waals surface area contributed by atoms with Crippen LogP contribution in [-0.2, 0) is 41.4 Å². The van der Waals surface area contributed by atoms with Gasteiger partial charge in [-0.05, 0) is 66.2 Å². The van der Waals surface area contributed by atoms with E-state index in [4.69, 9.17) is 33.8 Å². The second-order valence-electron chi connectivity index (χ2n) is 16.2. The van der Waals surface area contributed by atoms with Crippen LogP contribution in [0.3, 0.4) is 0 Å². The second-order valence-corrected chi connectivity index (χ2v) is 20.9. The number of benzene rings is 3. The van der Waals surface area contributed by atoms with Gasteiger partial charge in [0.2, 0.25) is 5.91 Å². The minimum absolute atomic E-state index is 0.0207. The molecule has 0 bridgehead atoms. The van der Waals surface area contributed by atoms with Crippen LogP contribution in [0.5, 0.6) is 11.5 Å². The van der Waals surface area contributed by atoms with Crippen LogP contribution in [0.4, 0.5) is 4.79 Å². The molecule has 3 rings (SSSR count). The van der Waals surface area contributed by atoms with Gasteiger partial charge >= 0.3 is 12.1 Å². The zero-order valence-electron chi connectivity index (χ0n) is 35.1. The lowest BCUT2D eigenvalue weighted by Gasteiger charge is -2.41. The first-order chi connectivity index (χ1) is 26.8. The predicted molar refractivity (Wildman–Crippen MR) is 221 cm³/mol. The molecule has 5 atom stereocenters. The molecule has 0 aliphatic heterocycles. The van der Waals surface area contributed by atoms with Crippen molar-refractivity contribution in [3.05, 3.63) is 95.6 Å². The Labute approximate surface area is 339 Å². The molecule has 0 fully saturated rings. The van der Waals surface area contributed by atoms with Crippen LogP contribution in [0, 0.1) is 5.92 Å². The molecule has 3 aromatic carbocycles. The summed E-state index contributed by atoms with van der Waals surface area (Å²) in [5.74, 6) is -1.20. The highest BCUT2D eigenvalue weighted by Gasteiger charge is 2.44. The Balaban J connectivity index is 2.16. The van der Waals surface area contributed by atoms with Gasteiger partial charge in [0.25, 0.3) is 0 Å². The minimum Gasteiger partial charge on any atom is -0.485 e. The molecule has 0 radical (unpaired) electrons. The van der Waals surface area contributed by atoms with Gasteiger partial charge < -0.3 is 49.6 Å². The van der Waals surface area contributed by atoms with Gasteiger partial charge in [-0.2, -0.15) is 0 Å². The Morgan fingerprint density at radius 1 is 0.860 bits per heavy atom. The number of ether oxygens (including phenoxy) is 5. The third-order valence-corrected chi connectivity index (χ3v) is 14.9. The van der Waals surface area contributed by atoms with E-state index in [1.807, 2.05) is 110 Å². The zero-order valence-corrected chi connectivity index (χ0v) is 36.1. The summed E-state index contributed by atoms with van der Waals surface area (Å²) in [4.78, 5) is 39.7. The maximum absolute atomic E-state index is 13.4. The van der Waals surface area contributed by atoms with Crippen molar-refractivity contribution < 1.29 is 47.6 Å². The molecule has 0 heterocycles. The summed E-state index contributed by atoms with van der Waals surface area (Å²) in [6.07, 6.45) is -1.71. The number of carboxylic acids is 1. The predicted octanol–water partition coefficient (Wildman–Crippen LogP) is 7.34. The first-order valence-electron chi connectivity index (χ1n) is 19.3. The first-order valence-corrected chi connectivity index (χ1v) is 22.2. The second kappa shape index (κ2) is 21.3. The van der Waals surface area contributed by atoms with Crippen molar-refractivity contribution in [2.45, 2.75) is 116 Å². The van der Waals surface area contributed by atoms with E-state index in [0.29, 0.717) is 17.7 Å². The van der Waals surface area contributed by atoms with Crippen molar-refractivity contribution in [3.63, 3.8) is 0 Å². The molecular weight excluding hydrogens is 747 g/mol. The van der Waals surface area contributed by atoms with Gasteiger partial charge in [0, 0.05) is 7.11 Å². The molecule has 0 aliphatic carbocycles. The summed E-state index contributed by atoms with van der Waals surface area (Å²) in [7, 11) is -1.21. The van der Waals surface area contributed by atoms with E-state index in [0.717, 1.165) is 11.1 Å². The topological polar surface area (TPSA) is 177 Å². The Bertz CT molecular complexity index is 1720. The summed E-state index contributed by atoms with van der Waals surface area (Å²) in [5.41, 5.74) is 7.20. The number of alkyl carbamates (subject to hydrolysis) is 1. The fraction of sp³-hybridized carbons (Fsp3) is 0.512. The van der Waals surface area contributed by atoms with Gasteiger partial charge in [-0.15, -0.1) is 0 Å². The molecule has 57 heavy (non-hydrogen) atoms. The number of hydrogen-bond acceptors (Lipinski definition) is 10. The summed E-state index contributed by atoms with van der Waals surface area (Å²) >= 11 is 0. The molecule has 0 saturated carbocycles. The van der Waals surface area contributed by atoms with Crippen LogP contribution in [0.25, 0.3) is 0 Å². The number of nitrogens with one attached hydrogen (secondary N) is 2. The van der Waals surface area contributed by atoms with Crippen LogP contribution in [0.1, 0.15) is 77.7 Å². The van der Waals surface area contributed by atoms with E-state index < -0.39 is 50.2 Å². The Morgan fingerprint density at radius 2 is 1.46 bits per heavy atom. The zero-order chi connectivity index (χ0) is 42.4. The molecule has 5 N–H and O–H groups in total. The molecule has 314 valence electrons. The average Bonchev–Trinajstić information content (AvgIpc) is 3.17. The van der Waals surface area contributed by atoms with Crippen LogP contribution in [-0.4, -0.2) is 75.6 Å². The summed E-state index contributed by atoms with van der Waals surface area (Å²) in [6, 6.07) is 20.7. The highest BCUT2D eigenvalue weighted by Crippen LogP contribution is 2.43. The highest BCUT2D eigenvalue weighted by molar-refractivity contribution is 6.74. The van der Waals surface area contributed by atoms with Gasteiger partial charge in [-0.3, -0.25) is 4.79 Å². The number of methoxy groups -OCH3 is 1. The van der Waals surface area contributed by atoms with Crippen molar-refractivity contribution >= 4 is 26.3 Å². The number of carbonyl (C=O) groups is 3. The standard InChI is InChI=1S/C43H63N3O10Si/c1-11-43(7,35(27-52-28-51-8)45-39(47)36(44)29(2)3)55-34-24-32(22-23-33(34)53-25-30-18-14-12-15-19-30)38(56-57(9,10)42(4,5)6)37(40(48)49)46-41(50)54-26-31-20-16-13-17-21-31/h12-24,29,35-38H,11,25-28,44H2,1-10H3,(H,45,47)(H,46,50)(H,48,49)/t35-,36+,37+,38-,43-/m1/s1. The van der Waals surface area contributed by atoms with Crippen LogP contribution >= 0.6 is 0 Å². The van der Waals surface area contributed by atoms with Crippen LogP contribution < -0.4 is 25.8 Å². The van der Waals surface area contributed by atoms with Crippen LogP contribution in [0.15, 0.2) is 78.9 Å². The third kappa shape index (κ3) is 13.9. The molecule has 0 aromatic heterocycles. The molecule has 14 heteroatoms. The maximum atomic E-state index is 13.4. The average molecular weight is 810 g/mol. The molecule has 0 unspecified atom stereocenters. The fourth-order valence-corrected chi connectivity index (χ4v) is 6.71. The maximum Gasteiger partial charge on any atom is 0.408 e. The van der Waals surface area contributed by atoms with E-state index in [2.05, 4.69) is 10.6 Å². The lowest BCUT2D eigenvalue weighted by molar-refractivity contribution is -0.142. The lowest BCUT2D eigenvalue weighted by atomic mass is 9.92. The van der Waals surface area contributed by atoms with Gasteiger partial charge in [-0.1, -0.05) is 108 Å². The smallest absolute Gasteiger partial charge is 0.408 e. The Morgan fingerprint density at radius 3 is 1.98 bits per heavy atom. The monoisotopic (exact) mass is 809 g/mol. The largest absolute Gasteiger partial charge is 0.485 e. The van der Waals surface area contributed by atoms with Gasteiger partial charge in [0.15, 0.2) is 25.9 Å². The van der Waals surface area contributed by atoms with Gasteiger partial charge in [0.05, 0.1) is 18.7 Å². The first kappa shape index (κ1) is 46.9. The Kier molecular flexibility index (Phi) is 17.6. The molecule has 0 spiro atoms. The van der Waals surface area contributed by atoms with Gasteiger partial charge in [0.1, 0.15) is 31.7 Å². The minimum atomic E-state index is -2.72. The van der Waals surface area contributed by atoms with Crippen molar-refractivity contribution in [2.75, 3.05) is 20.5 Å². The van der Waals surface area contributed by atoms with E-state index in [9.17, 15) is 19.5 Å². The van der Waals surface area contributed by atoms with Crippen LogP contribution in [0.2, 0.25) is 18.1 Å². The van der Waals surface area contributed by atoms with E-state index in [-0.39, 0.29) is 49.2 Å². The summed E-state index contributed by atoms with van der Waals surface area (Å²) < 4.78 is 36.5. The molecule has 13 nitrogen and oxygen atoms in total. The highest BCUT2D eigenvalue weighted by atomic mass is 28.4. The van der Waals surface area contributed by atoms with Gasteiger partial charge in [-0.25, -0.2) is 9.59 Å². The Hall–Kier alpha value is -4.47. The molecule has 0 saturated heterocycles. The summed E-state index contributed by atoms with van der Waals surface area (Å²) in [5, 5.41) is 16.0. The number of carbonyl (C=O) groups excluding carboxylic acids is 2. The molecule has 0 aliphatic rings. The van der Waals surface area contributed by atoms with Crippen molar-refractivity contribution in [1.29, 1.82) is 0 Å². The SMILES string of the molecule is CC[C@@](C)(Oc1cc([C@@H](O[Si](C)(C)C(C)(C)C)[C@H](NC(=O)OCc2ccccc2)C(=O)O)ccc1OCc1ccccc1)[C@@H](COCOC)NC(=O)[C@@H](N)C(C)C. The number of nitrogens with two attached hydrogens (primary N) is 1. The van der Waals surface area contributed by atoms with E-state index >= 15 is 0 Å². The molecular formula is C43H63N3O10Si. The summed E-state index contributed by atoms with van der Waals surface area (Å²) in [6.45, 7) is 17.8. The lowest BCUT2D eigenvalue weighted by Crippen LogP contribution is -2.59. The number of hydrogen-bond donors (Lipinski definition) is 4. The number of amides is 2. The van der Waals surface area contributed by atoms with Crippen molar-refractivity contribution in [1.82, 2.24) is 10.6 Å². The molecule has 2 amide bonds. The fourth-order valence-electron chi connectivity index (χ4n) is 5.45. The quantitative estimate of drug-likeness (QED) is 0.0454. The number of aliphatic carboxylic acids is 1. The normalized spacial score (nSPS) is 15.1. The third-order valence-electron chi connectivity index (χ3n) is 10.4. The van der Waals surface area contributed by atoms with Crippen molar-refractivity contribution in [2.24, 2.45) is 11.7 Å². The van der Waals surface area contributed by atoms with E-state index in [1.165, 1.54) is 7.11 Å².